The molecule has 2 heterocycles. The Hall–Kier alpha value is -3.54. The number of likely N-dealkylation sites (tertiary alicyclic amines) is 1. The van der Waals surface area contributed by atoms with Crippen LogP contribution in [0.1, 0.15) is 34.8 Å². The number of benzene rings is 2. The molecule has 1 aliphatic heterocycles. The highest BCUT2D eigenvalue weighted by molar-refractivity contribution is 5.94. The van der Waals surface area contributed by atoms with Crippen LogP contribution >= 0.6 is 0 Å². The van der Waals surface area contributed by atoms with Crippen molar-refractivity contribution in [2.24, 2.45) is 0 Å². The number of pyridine rings is 1. The Morgan fingerprint density at radius 1 is 1.03 bits per heavy atom. The summed E-state index contributed by atoms with van der Waals surface area (Å²) in [5.41, 5.74) is 2.27. The number of amides is 1. The number of aromatic amines is 1. The molecule has 1 N–H and O–H groups in total. The lowest BCUT2D eigenvalue weighted by atomic mass is 10.0. The summed E-state index contributed by atoms with van der Waals surface area (Å²) in [5.74, 6) is 1.10. The standard InChI is InChI=1S/C24H24N2O4/c1-29-17-10-11-18(22(15-17)30-2)21-9-6-14-26(21)24(28)19-12-13-20(25-23(19)27)16-7-4-3-5-8-16/h3-5,7-8,10-13,15,21H,6,9,14H2,1-2H3,(H,25,27). The van der Waals surface area contributed by atoms with E-state index < -0.39 is 0 Å². The number of ether oxygens (including phenoxy) is 2. The van der Waals surface area contributed by atoms with Crippen molar-refractivity contribution in [1.82, 2.24) is 9.88 Å². The molecule has 0 radical (unpaired) electrons. The third-order valence-electron chi connectivity index (χ3n) is 5.54. The molecule has 1 atom stereocenters. The number of carbonyl (C=O) groups is 1. The minimum Gasteiger partial charge on any atom is -0.497 e. The van der Waals surface area contributed by atoms with Gasteiger partial charge >= 0.3 is 0 Å². The Morgan fingerprint density at radius 3 is 2.53 bits per heavy atom. The highest BCUT2D eigenvalue weighted by Crippen LogP contribution is 2.39. The lowest BCUT2D eigenvalue weighted by molar-refractivity contribution is 0.0732. The molecule has 6 nitrogen and oxygen atoms in total. The van der Waals surface area contributed by atoms with Crippen molar-refractivity contribution in [2.45, 2.75) is 18.9 Å². The van der Waals surface area contributed by atoms with Crippen molar-refractivity contribution in [3.05, 3.63) is 82.1 Å². The summed E-state index contributed by atoms with van der Waals surface area (Å²) in [4.78, 5) is 30.6. The molecule has 1 aliphatic rings. The van der Waals surface area contributed by atoms with Gasteiger partial charge in [0.25, 0.3) is 11.5 Å². The van der Waals surface area contributed by atoms with Gasteiger partial charge in [-0.2, -0.15) is 0 Å². The summed E-state index contributed by atoms with van der Waals surface area (Å²) in [7, 11) is 3.21. The van der Waals surface area contributed by atoms with Crippen LogP contribution in [0, 0.1) is 0 Å². The first kappa shape index (κ1) is 19.8. The molecule has 0 bridgehead atoms. The molecule has 3 aromatic rings. The first-order valence-corrected chi connectivity index (χ1v) is 9.94. The largest absolute Gasteiger partial charge is 0.497 e. The fourth-order valence-corrected chi connectivity index (χ4v) is 4.01. The molecule has 1 fully saturated rings. The molecule has 0 saturated carbocycles. The second-order valence-electron chi connectivity index (χ2n) is 7.25. The van der Waals surface area contributed by atoms with Crippen LogP contribution in [0.3, 0.4) is 0 Å². The normalized spacial score (nSPS) is 15.8. The second kappa shape index (κ2) is 8.45. The van der Waals surface area contributed by atoms with Gasteiger partial charge in [0.05, 0.1) is 20.3 Å². The maximum Gasteiger partial charge on any atom is 0.261 e. The van der Waals surface area contributed by atoms with Crippen molar-refractivity contribution in [3.8, 4) is 22.8 Å². The number of hydrogen-bond donors (Lipinski definition) is 1. The average molecular weight is 404 g/mol. The fraction of sp³-hybridized carbons (Fsp3) is 0.250. The van der Waals surface area contributed by atoms with Gasteiger partial charge < -0.3 is 19.4 Å². The molecule has 1 amide bonds. The number of rotatable bonds is 5. The summed E-state index contributed by atoms with van der Waals surface area (Å²) in [6.45, 7) is 0.596. The van der Waals surface area contributed by atoms with Gasteiger partial charge in [0, 0.05) is 23.9 Å². The molecular formula is C24H24N2O4. The van der Waals surface area contributed by atoms with E-state index >= 15 is 0 Å². The number of nitrogens with one attached hydrogen (secondary N) is 1. The van der Waals surface area contributed by atoms with Crippen molar-refractivity contribution in [3.63, 3.8) is 0 Å². The smallest absolute Gasteiger partial charge is 0.261 e. The van der Waals surface area contributed by atoms with Gasteiger partial charge in [0.2, 0.25) is 0 Å². The zero-order chi connectivity index (χ0) is 21.1. The van der Waals surface area contributed by atoms with E-state index in [9.17, 15) is 9.59 Å². The minimum absolute atomic E-state index is 0.147. The van der Waals surface area contributed by atoms with Crippen LogP contribution in [0.2, 0.25) is 0 Å². The topological polar surface area (TPSA) is 71.6 Å². The molecule has 2 aromatic carbocycles. The SMILES string of the molecule is COc1ccc(C2CCCN2C(=O)c2ccc(-c3ccccc3)[nH]c2=O)c(OC)c1. The van der Waals surface area contributed by atoms with Crippen LogP contribution in [0.4, 0.5) is 0 Å². The van der Waals surface area contributed by atoms with Gasteiger partial charge in [-0.25, -0.2) is 0 Å². The highest BCUT2D eigenvalue weighted by atomic mass is 16.5. The van der Waals surface area contributed by atoms with E-state index in [-0.39, 0.29) is 23.1 Å². The van der Waals surface area contributed by atoms with Gasteiger partial charge in [-0.05, 0) is 42.7 Å². The molecule has 0 aliphatic carbocycles. The van der Waals surface area contributed by atoms with E-state index in [2.05, 4.69) is 4.98 Å². The van der Waals surface area contributed by atoms with Crippen molar-refractivity contribution < 1.29 is 14.3 Å². The van der Waals surface area contributed by atoms with Gasteiger partial charge in [0.1, 0.15) is 17.1 Å². The molecular weight excluding hydrogens is 380 g/mol. The Morgan fingerprint density at radius 2 is 1.83 bits per heavy atom. The zero-order valence-electron chi connectivity index (χ0n) is 17.1. The number of nitrogens with zero attached hydrogens (tertiary/aromatic N) is 1. The summed E-state index contributed by atoms with van der Waals surface area (Å²) >= 11 is 0. The Bertz CT molecular complexity index is 1110. The summed E-state index contributed by atoms with van der Waals surface area (Å²) in [6, 6.07) is 18.4. The number of aromatic nitrogens is 1. The van der Waals surface area contributed by atoms with E-state index in [0.29, 0.717) is 23.7 Å². The van der Waals surface area contributed by atoms with Gasteiger partial charge in [-0.15, -0.1) is 0 Å². The summed E-state index contributed by atoms with van der Waals surface area (Å²) in [6.07, 6.45) is 1.68. The molecule has 154 valence electrons. The van der Waals surface area contributed by atoms with Crippen LogP contribution in [0.25, 0.3) is 11.3 Å². The van der Waals surface area contributed by atoms with Gasteiger partial charge in [-0.3, -0.25) is 9.59 Å². The first-order valence-electron chi connectivity index (χ1n) is 9.94. The quantitative estimate of drug-likeness (QED) is 0.697. The van der Waals surface area contributed by atoms with Gasteiger partial charge in [-0.1, -0.05) is 30.3 Å². The van der Waals surface area contributed by atoms with Crippen LogP contribution in [-0.2, 0) is 0 Å². The first-order chi connectivity index (χ1) is 14.6. The van der Waals surface area contributed by atoms with E-state index in [1.807, 2.05) is 48.5 Å². The zero-order valence-corrected chi connectivity index (χ0v) is 17.1. The maximum atomic E-state index is 13.3. The monoisotopic (exact) mass is 404 g/mol. The number of H-pyrrole nitrogens is 1. The summed E-state index contributed by atoms with van der Waals surface area (Å²) < 4.78 is 10.8. The molecule has 1 aromatic heterocycles. The third kappa shape index (κ3) is 3.68. The van der Waals surface area contributed by atoms with Gasteiger partial charge in [0.15, 0.2) is 0 Å². The maximum absolute atomic E-state index is 13.3. The third-order valence-corrected chi connectivity index (χ3v) is 5.54. The lowest BCUT2D eigenvalue weighted by Crippen LogP contribution is -2.34. The fourth-order valence-electron chi connectivity index (χ4n) is 4.01. The predicted molar refractivity (Wildman–Crippen MR) is 115 cm³/mol. The van der Waals surface area contributed by atoms with Crippen LogP contribution in [-0.4, -0.2) is 36.6 Å². The average Bonchev–Trinajstić information content (AvgIpc) is 3.28. The van der Waals surface area contributed by atoms with Crippen LogP contribution in [0.5, 0.6) is 11.5 Å². The van der Waals surface area contributed by atoms with Crippen LogP contribution in [0.15, 0.2) is 65.5 Å². The van der Waals surface area contributed by atoms with E-state index in [4.69, 9.17) is 9.47 Å². The Balaban J connectivity index is 1.64. The predicted octanol–water partition coefficient (Wildman–Crippen LogP) is 4.04. The number of carbonyl (C=O) groups excluding carboxylic acids is 1. The van der Waals surface area contributed by atoms with E-state index in [0.717, 1.165) is 24.0 Å². The van der Waals surface area contributed by atoms with Crippen molar-refractivity contribution >= 4 is 5.91 Å². The number of methoxy groups -OCH3 is 2. The Kier molecular flexibility index (Phi) is 5.57. The van der Waals surface area contributed by atoms with Crippen molar-refractivity contribution in [1.29, 1.82) is 0 Å². The van der Waals surface area contributed by atoms with Crippen LogP contribution < -0.4 is 15.0 Å². The van der Waals surface area contributed by atoms with E-state index in [1.54, 1.807) is 31.3 Å². The molecule has 4 rings (SSSR count). The molecule has 6 heteroatoms. The lowest BCUT2D eigenvalue weighted by Gasteiger charge is -2.26. The second-order valence-corrected chi connectivity index (χ2v) is 7.25. The Labute approximate surface area is 175 Å². The van der Waals surface area contributed by atoms with E-state index in [1.165, 1.54) is 0 Å². The summed E-state index contributed by atoms with van der Waals surface area (Å²) in [5, 5.41) is 0. The van der Waals surface area contributed by atoms with Crippen molar-refractivity contribution in [2.75, 3.05) is 20.8 Å². The highest BCUT2D eigenvalue weighted by Gasteiger charge is 2.33. The minimum atomic E-state index is -0.381. The molecule has 1 saturated heterocycles. The molecule has 30 heavy (non-hydrogen) atoms. The molecule has 1 unspecified atom stereocenters. The molecule has 0 spiro atoms. The number of hydrogen-bond acceptors (Lipinski definition) is 4.